The molecule has 76 valence electrons. The van der Waals surface area contributed by atoms with Gasteiger partial charge in [0.1, 0.15) is 5.82 Å². The summed E-state index contributed by atoms with van der Waals surface area (Å²) >= 11 is 0. The maximum Gasteiger partial charge on any atom is 0.223 e. The summed E-state index contributed by atoms with van der Waals surface area (Å²) in [7, 11) is 1.73. The molecule has 1 aromatic rings. The van der Waals surface area contributed by atoms with Gasteiger partial charge in [0.25, 0.3) is 0 Å². The average molecular weight is 193 g/mol. The first kappa shape index (κ1) is 10.5. The first-order valence-electron chi connectivity index (χ1n) is 4.59. The van der Waals surface area contributed by atoms with Gasteiger partial charge in [-0.2, -0.15) is 0 Å². The molecule has 0 saturated heterocycles. The fourth-order valence-corrected chi connectivity index (χ4v) is 1.05. The van der Waals surface area contributed by atoms with Crippen LogP contribution < -0.4 is 10.2 Å². The summed E-state index contributed by atoms with van der Waals surface area (Å²) in [6.45, 7) is 4.38. The Bertz CT molecular complexity index is 308. The largest absolute Gasteiger partial charge is 0.370 e. The summed E-state index contributed by atoms with van der Waals surface area (Å²) in [4.78, 5) is 16.8. The van der Waals surface area contributed by atoms with Crippen LogP contribution in [-0.2, 0) is 4.79 Å². The number of anilines is 2. The molecule has 1 heterocycles. The number of aromatic nitrogens is 1. The zero-order valence-electron chi connectivity index (χ0n) is 8.74. The molecule has 1 N–H and O–H groups in total. The monoisotopic (exact) mass is 193 g/mol. The standard InChI is InChI=1S/C10H15N3O/c1-4-11-10-6-5-9(7-12-10)13(3)8(2)14/h5-7H,4H2,1-3H3,(H,11,12). The first-order chi connectivity index (χ1) is 6.65. The Balaban J connectivity index is 2.77. The van der Waals surface area contributed by atoms with Crippen molar-refractivity contribution in [2.24, 2.45) is 0 Å². The number of hydrogen-bond donors (Lipinski definition) is 1. The van der Waals surface area contributed by atoms with Gasteiger partial charge in [-0.1, -0.05) is 0 Å². The Morgan fingerprint density at radius 1 is 1.57 bits per heavy atom. The minimum absolute atomic E-state index is 0.00278. The molecule has 1 aromatic heterocycles. The molecule has 0 radical (unpaired) electrons. The quantitative estimate of drug-likeness (QED) is 0.791. The van der Waals surface area contributed by atoms with E-state index in [2.05, 4.69) is 10.3 Å². The number of nitrogens with one attached hydrogen (secondary N) is 1. The Labute approximate surface area is 83.9 Å². The summed E-state index contributed by atoms with van der Waals surface area (Å²) in [5, 5.41) is 3.09. The fourth-order valence-electron chi connectivity index (χ4n) is 1.05. The highest BCUT2D eigenvalue weighted by Gasteiger charge is 2.04. The lowest BCUT2D eigenvalue weighted by Gasteiger charge is -2.14. The molecule has 0 spiro atoms. The van der Waals surface area contributed by atoms with Crippen LogP contribution in [0.15, 0.2) is 18.3 Å². The third-order valence-corrected chi connectivity index (χ3v) is 1.97. The number of carbonyl (C=O) groups excluding carboxylic acids is 1. The van der Waals surface area contributed by atoms with Gasteiger partial charge in [-0.05, 0) is 19.1 Å². The summed E-state index contributed by atoms with van der Waals surface area (Å²) in [5.74, 6) is 0.830. The second kappa shape index (κ2) is 4.60. The van der Waals surface area contributed by atoms with Crippen LogP contribution in [0.25, 0.3) is 0 Å². The van der Waals surface area contributed by atoms with Gasteiger partial charge in [-0.15, -0.1) is 0 Å². The lowest BCUT2D eigenvalue weighted by molar-refractivity contribution is -0.116. The Morgan fingerprint density at radius 3 is 2.71 bits per heavy atom. The Hall–Kier alpha value is -1.58. The molecule has 0 atom stereocenters. The van der Waals surface area contributed by atoms with Crippen LogP contribution in [0.3, 0.4) is 0 Å². The van der Waals surface area contributed by atoms with Crippen LogP contribution in [0.4, 0.5) is 11.5 Å². The second-order valence-corrected chi connectivity index (χ2v) is 3.01. The van der Waals surface area contributed by atoms with E-state index in [-0.39, 0.29) is 5.91 Å². The molecule has 0 aliphatic rings. The molecule has 0 aromatic carbocycles. The highest BCUT2D eigenvalue weighted by Crippen LogP contribution is 2.13. The molecular weight excluding hydrogens is 178 g/mol. The highest BCUT2D eigenvalue weighted by molar-refractivity contribution is 5.90. The summed E-state index contributed by atoms with van der Waals surface area (Å²) < 4.78 is 0. The number of nitrogens with zero attached hydrogens (tertiary/aromatic N) is 2. The van der Waals surface area contributed by atoms with Gasteiger partial charge in [-0.3, -0.25) is 4.79 Å². The highest BCUT2D eigenvalue weighted by atomic mass is 16.2. The van der Waals surface area contributed by atoms with Crippen LogP contribution >= 0.6 is 0 Å². The van der Waals surface area contributed by atoms with Crippen molar-refractivity contribution >= 4 is 17.4 Å². The fraction of sp³-hybridized carbons (Fsp3) is 0.400. The van der Waals surface area contributed by atoms with Crippen LogP contribution in [-0.4, -0.2) is 24.5 Å². The van der Waals surface area contributed by atoms with Crippen molar-refractivity contribution in [1.29, 1.82) is 0 Å². The maximum absolute atomic E-state index is 11.0. The molecular formula is C10H15N3O. The normalized spacial score (nSPS) is 9.64. The second-order valence-electron chi connectivity index (χ2n) is 3.01. The van der Waals surface area contributed by atoms with E-state index < -0.39 is 0 Å². The van der Waals surface area contributed by atoms with E-state index in [4.69, 9.17) is 0 Å². The van der Waals surface area contributed by atoms with Gasteiger partial charge in [0.05, 0.1) is 11.9 Å². The first-order valence-corrected chi connectivity index (χ1v) is 4.59. The molecule has 0 bridgehead atoms. The van der Waals surface area contributed by atoms with Crippen LogP contribution in [0.2, 0.25) is 0 Å². The van der Waals surface area contributed by atoms with E-state index in [1.165, 1.54) is 6.92 Å². The average Bonchev–Trinajstić information content (AvgIpc) is 2.18. The molecule has 4 nitrogen and oxygen atoms in total. The van der Waals surface area contributed by atoms with Crippen molar-refractivity contribution in [1.82, 2.24) is 4.98 Å². The summed E-state index contributed by atoms with van der Waals surface area (Å²) in [5.41, 5.74) is 0.805. The van der Waals surface area contributed by atoms with Crippen molar-refractivity contribution in [3.8, 4) is 0 Å². The zero-order valence-corrected chi connectivity index (χ0v) is 8.74. The Morgan fingerprint density at radius 2 is 2.29 bits per heavy atom. The molecule has 0 fully saturated rings. The number of hydrogen-bond acceptors (Lipinski definition) is 3. The van der Waals surface area contributed by atoms with Gasteiger partial charge in [-0.25, -0.2) is 4.98 Å². The Kier molecular flexibility index (Phi) is 3.45. The van der Waals surface area contributed by atoms with E-state index in [9.17, 15) is 4.79 Å². The molecule has 14 heavy (non-hydrogen) atoms. The van der Waals surface area contributed by atoms with Crippen molar-refractivity contribution in [2.45, 2.75) is 13.8 Å². The predicted octanol–water partition coefficient (Wildman–Crippen LogP) is 1.50. The SMILES string of the molecule is CCNc1ccc(N(C)C(C)=O)cn1. The van der Waals surface area contributed by atoms with Crippen LogP contribution in [0.5, 0.6) is 0 Å². The molecule has 0 aliphatic carbocycles. The molecule has 1 amide bonds. The van der Waals surface area contributed by atoms with Crippen LogP contribution in [0.1, 0.15) is 13.8 Å². The number of carbonyl (C=O) groups is 1. The van der Waals surface area contributed by atoms with Crippen molar-refractivity contribution < 1.29 is 4.79 Å². The molecule has 0 saturated carbocycles. The van der Waals surface area contributed by atoms with Gasteiger partial charge in [0.2, 0.25) is 5.91 Å². The lowest BCUT2D eigenvalue weighted by Crippen LogP contribution is -2.22. The van der Waals surface area contributed by atoms with Crippen molar-refractivity contribution in [3.05, 3.63) is 18.3 Å². The van der Waals surface area contributed by atoms with Gasteiger partial charge in [0.15, 0.2) is 0 Å². The molecule has 0 aliphatic heterocycles. The minimum atomic E-state index is 0.00278. The zero-order chi connectivity index (χ0) is 10.6. The number of pyridine rings is 1. The molecule has 1 rings (SSSR count). The molecule has 4 heteroatoms. The molecule has 0 unspecified atom stereocenters. The van der Waals surface area contributed by atoms with E-state index in [1.807, 2.05) is 19.1 Å². The smallest absolute Gasteiger partial charge is 0.223 e. The predicted molar refractivity (Wildman–Crippen MR) is 57.5 cm³/mol. The lowest BCUT2D eigenvalue weighted by atomic mass is 10.3. The van der Waals surface area contributed by atoms with E-state index in [0.29, 0.717) is 0 Å². The van der Waals surface area contributed by atoms with Gasteiger partial charge < -0.3 is 10.2 Å². The topological polar surface area (TPSA) is 45.2 Å². The van der Waals surface area contributed by atoms with Crippen molar-refractivity contribution in [2.75, 3.05) is 23.8 Å². The van der Waals surface area contributed by atoms with Crippen molar-refractivity contribution in [3.63, 3.8) is 0 Å². The minimum Gasteiger partial charge on any atom is -0.370 e. The van der Waals surface area contributed by atoms with Gasteiger partial charge >= 0.3 is 0 Å². The summed E-state index contributed by atoms with van der Waals surface area (Å²) in [6.07, 6.45) is 1.68. The van der Waals surface area contributed by atoms with E-state index in [0.717, 1.165) is 18.1 Å². The van der Waals surface area contributed by atoms with E-state index >= 15 is 0 Å². The third-order valence-electron chi connectivity index (χ3n) is 1.97. The van der Waals surface area contributed by atoms with Crippen LogP contribution in [0, 0.1) is 0 Å². The maximum atomic E-state index is 11.0. The summed E-state index contributed by atoms with van der Waals surface area (Å²) in [6, 6.07) is 3.73. The third kappa shape index (κ3) is 2.45. The number of amides is 1. The number of rotatable bonds is 3. The van der Waals surface area contributed by atoms with Gasteiger partial charge in [0, 0.05) is 20.5 Å². The van der Waals surface area contributed by atoms with E-state index in [1.54, 1.807) is 18.1 Å².